The number of benzene rings is 1. The smallest absolute Gasteiger partial charge is 0.240 e. The van der Waals surface area contributed by atoms with Crippen molar-refractivity contribution in [3.05, 3.63) is 29.8 Å². The first-order valence-electron chi connectivity index (χ1n) is 7.10. The Labute approximate surface area is 121 Å². The summed E-state index contributed by atoms with van der Waals surface area (Å²) in [4.78, 5) is 25.0. The van der Waals surface area contributed by atoms with E-state index in [1.54, 1.807) is 0 Å². The largest absolute Gasteiger partial charge is 0.355 e. The molecule has 1 aromatic rings. The number of anilines is 1. The predicted octanol–water partition coefficient (Wildman–Crippen LogP) is 2.69. The first kappa shape index (κ1) is 16.2. The van der Waals surface area contributed by atoms with Gasteiger partial charge in [0.25, 0.3) is 0 Å². The number of hydrogen-bond acceptors (Lipinski definition) is 2. The molecule has 0 aliphatic rings. The second-order valence-corrected chi connectivity index (χ2v) is 5.20. The van der Waals surface area contributed by atoms with Crippen molar-refractivity contribution in [2.75, 3.05) is 18.0 Å². The van der Waals surface area contributed by atoms with Crippen LogP contribution in [0.5, 0.6) is 0 Å². The average molecular weight is 276 g/mol. The zero-order valence-electron chi connectivity index (χ0n) is 12.8. The van der Waals surface area contributed by atoms with Gasteiger partial charge in [-0.3, -0.25) is 9.59 Å². The van der Waals surface area contributed by atoms with Crippen LogP contribution >= 0.6 is 0 Å². The minimum atomic E-state index is -0.131. The van der Waals surface area contributed by atoms with Gasteiger partial charge in [-0.25, -0.2) is 0 Å². The molecule has 0 bridgehead atoms. The number of nitrogens with zero attached hydrogens (tertiary/aromatic N) is 1. The van der Waals surface area contributed by atoms with E-state index in [9.17, 15) is 9.59 Å². The van der Waals surface area contributed by atoms with E-state index in [-0.39, 0.29) is 18.4 Å². The van der Waals surface area contributed by atoms with Crippen molar-refractivity contribution in [2.24, 2.45) is 0 Å². The Hall–Kier alpha value is -1.84. The van der Waals surface area contributed by atoms with Crippen LogP contribution < -0.4 is 10.2 Å². The van der Waals surface area contributed by atoms with Gasteiger partial charge < -0.3 is 10.2 Å². The van der Waals surface area contributed by atoms with Crippen LogP contribution in [0.1, 0.15) is 45.6 Å². The fourth-order valence-electron chi connectivity index (χ4n) is 1.89. The molecule has 1 N–H and O–H groups in total. The molecule has 20 heavy (non-hydrogen) atoms. The molecule has 0 unspecified atom stereocenters. The van der Waals surface area contributed by atoms with Gasteiger partial charge in [-0.15, -0.1) is 0 Å². The lowest BCUT2D eigenvalue weighted by atomic mass is 10.0. The van der Waals surface area contributed by atoms with E-state index in [1.165, 1.54) is 17.4 Å². The monoisotopic (exact) mass is 276 g/mol. The van der Waals surface area contributed by atoms with Crippen molar-refractivity contribution in [3.63, 3.8) is 0 Å². The van der Waals surface area contributed by atoms with Crippen LogP contribution in [0.25, 0.3) is 0 Å². The standard InChI is InChI=1S/C16H24N2O2/c1-5-10-17-16(20)11-18(13(4)19)15-8-6-14(7-9-15)12(2)3/h6-9,12H,5,10-11H2,1-4H3,(H,17,20). The summed E-state index contributed by atoms with van der Waals surface area (Å²) in [6, 6.07) is 7.79. The highest BCUT2D eigenvalue weighted by atomic mass is 16.2. The van der Waals surface area contributed by atoms with Crippen molar-refractivity contribution in [1.29, 1.82) is 0 Å². The molecule has 0 aliphatic carbocycles. The lowest BCUT2D eigenvalue weighted by Crippen LogP contribution is -2.40. The number of carbonyl (C=O) groups is 2. The Morgan fingerprint density at radius 1 is 1.20 bits per heavy atom. The Morgan fingerprint density at radius 2 is 1.80 bits per heavy atom. The quantitative estimate of drug-likeness (QED) is 0.868. The molecule has 0 aromatic heterocycles. The summed E-state index contributed by atoms with van der Waals surface area (Å²) < 4.78 is 0. The summed E-state index contributed by atoms with van der Waals surface area (Å²) in [6.07, 6.45) is 0.884. The summed E-state index contributed by atoms with van der Waals surface area (Å²) in [5, 5.41) is 2.78. The molecule has 0 spiro atoms. The molecule has 0 saturated carbocycles. The number of amides is 2. The molecule has 1 rings (SSSR count). The molecule has 0 radical (unpaired) electrons. The molecule has 0 atom stereocenters. The third kappa shape index (κ3) is 4.68. The van der Waals surface area contributed by atoms with Crippen molar-refractivity contribution in [2.45, 2.75) is 40.0 Å². The van der Waals surface area contributed by atoms with E-state index in [4.69, 9.17) is 0 Å². The molecule has 4 nitrogen and oxygen atoms in total. The lowest BCUT2D eigenvalue weighted by Gasteiger charge is -2.21. The fraction of sp³-hybridized carbons (Fsp3) is 0.500. The second kappa shape index (κ2) is 7.68. The van der Waals surface area contributed by atoms with Crippen LogP contribution in [0.2, 0.25) is 0 Å². The minimum absolute atomic E-state index is 0.0658. The maximum atomic E-state index is 11.8. The molecule has 110 valence electrons. The van der Waals surface area contributed by atoms with Gasteiger partial charge in [0, 0.05) is 19.2 Å². The lowest BCUT2D eigenvalue weighted by molar-refractivity contribution is -0.123. The van der Waals surface area contributed by atoms with E-state index in [0.29, 0.717) is 12.5 Å². The van der Waals surface area contributed by atoms with Gasteiger partial charge in [0.2, 0.25) is 11.8 Å². The van der Waals surface area contributed by atoms with Crippen LogP contribution in [0.3, 0.4) is 0 Å². The Kier molecular flexibility index (Phi) is 6.22. The summed E-state index contributed by atoms with van der Waals surface area (Å²) in [5.74, 6) is 0.187. The molecule has 4 heteroatoms. The maximum absolute atomic E-state index is 11.8. The first-order chi connectivity index (χ1) is 9.45. The molecule has 0 saturated heterocycles. The minimum Gasteiger partial charge on any atom is -0.355 e. The molecule has 0 aliphatic heterocycles. The Balaban J connectivity index is 2.80. The molecule has 1 aromatic carbocycles. The van der Waals surface area contributed by atoms with Gasteiger partial charge in [0.15, 0.2) is 0 Å². The summed E-state index contributed by atoms with van der Waals surface area (Å²) in [5.41, 5.74) is 1.97. The SMILES string of the molecule is CCCNC(=O)CN(C(C)=O)c1ccc(C(C)C)cc1. The van der Waals surface area contributed by atoms with Gasteiger partial charge in [0.1, 0.15) is 6.54 Å². The maximum Gasteiger partial charge on any atom is 0.240 e. The van der Waals surface area contributed by atoms with Crippen LogP contribution in [-0.2, 0) is 9.59 Å². The van der Waals surface area contributed by atoms with E-state index in [2.05, 4.69) is 19.2 Å². The zero-order chi connectivity index (χ0) is 15.1. The summed E-state index contributed by atoms with van der Waals surface area (Å²) >= 11 is 0. The summed E-state index contributed by atoms with van der Waals surface area (Å²) in [7, 11) is 0. The third-order valence-electron chi connectivity index (χ3n) is 3.13. The number of rotatable bonds is 6. The highest BCUT2D eigenvalue weighted by molar-refractivity contribution is 5.97. The van der Waals surface area contributed by atoms with Crippen molar-refractivity contribution >= 4 is 17.5 Å². The van der Waals surface area contributed by atoms with Gasteiger partial charge in [-0.1, -0.05) is 32.9 Å². The van der Waals surface area contributed by atoms with Crippen LogP contribution in [0.4, 0.5) is 5.69 Å². The van der Waals surface area contributed by atoms with Crippen LogP contribution in [0, 0.1) is 0 Å². The molecule has 0 heterocycles. The van der Waals surface area contributed by atoms with E-state index >= 15 is 0 Å². The fourth-order valence-corrected chi connectivity index (χ4v) is 1.89. The molecule has 0 fully saturated rings. The summed E-state index contributed by atoms with van der Waals surface area (Å²) in [6.45, 7) is 8.41. The van der Waals surface area contributed by atoms with Gasteiger partial charge in [-0.05, 0) is 30.0 Å². The van der Waals surface area contributed by atoms with Crippen molar-refractivity contribution in [3.8, 4) is 0 Å². The topological polar surface area (TPSA) is 49.4 Å². The molecular formula is C16H24N2O2. The van der Waals surface area contributed by atoms with E-state index in [0.717, 1.165) is 12.1 Å². The van der Waals surface area contributed by atoms with Gasteiger partial charge >= 0.3 is 0 Å². The van der Waals surface area contributed by atoms with E-state index < -0.39 is 0 Å². The average Bonchev–Trinajstić information content (AvgIpc) is 2.42. The number of carbonyl (C=O) groups excluding carboxylic acids is 2. The second-order valence-electron chi connectivity index (χ2n) is 5.20. The van der Waals surface area contributed by atoms with Crippen molar-refractivity contribution < 1.29 is 9.59 Å². The normalized spacial score (nSPS) is 10.4. The first-order valence-corrected chi connectivity index (χ1v) is 7.10. The Bertz CT molecular complexity index is 452. The highest BCUT2D eigenvalue weighted by Gasteiger charge is 2.15. The highest BCUT2D eigenvalue weighted by Crippen LogP contribution is 2.20. The number of hydrogen-bond donors (Lipinski definition) is 1. The number of nitrogens with one attached hydrogen (secondary N) is 1. The molecule has 2 amide bonds. The van der Waals surface area contributed by atoms with E-state index in [1.807, 2.05) is 31.2 Å². The predicted molar refractivity (Wildman–Crippen MR) is 81.9 cm³/mol. The molecular weight excluding hydrogens is 252 g/mol. The van der Waals surface area contributed by atoms with Crippen LogP contribution in [0.15, 0.2) is 24.3 Å². The van der Waals surface area contributed by atoms with Gasteiger partial charge in [-0.2, -0.15) is 0 Å². The van der Waals surface area contributed by atoms with Crippen molar-refractivity contribution in [1.82, 2.24) is 5.32 Å². The van der Waals surface area contributed by atoms with Crippen LogP contribution in [-0.4, -0.2) is 24.9 Å². The third-order valence-corrected chi connectivity index (χ3v) is 3.13. The van der Waals surface area contributed by atoms with Gasteiger partial charge in [0.05, 0.1) is 0 Å². The Morgan fingerprint density at radius 3 is 2.25 bits per heavy atom. The zero-order valence-corrected chi connectivity index (χ0v) is 12.8.